The topological polar surface area (TPSA) is 48.1 Å². The Labute approximate surface area is 102 Å². The normalized spacial score (nSPS) is 13.9. The van der Waals surface area contributed by atoms with Crippen molar-refractivity contribution in [2.45, 2.75) is 25.5 Å². The monoisotopic (exact) mass is 230 g/mol. The zero-order chi connectivity index (χ0) is 12.5. The first-order chi connectivity index (χ1) is 8.06. The van der Waals surface area contributed by atoms with Gasteiger partial charge in [-0.1, -0.05) is 24.3 Å². The molecule has 3 nitrogen and oxygen atoms in total. The van der Waals surface area contributed by atoms with Gasteiger partial charge in [0, 0.05) is 24.9 Å². The molecule has 2 rings (SSSR count). The van der Waals surface area contributed by atoms with Crippen molar-refractivity contribution in [1.29, 1.82) is 0 Å². The molecule has 0 aliphatic rings. The molecule has 1 aromatic heterocycles. The summed E-state index contributed by atoms with van der Waals surface area (Å²) < 4.78 is 5.45. The van der Waals surface area contributed by atoms with E-state index in [1.807, 2.05) is 44.4 Å². The van der Waals surface area contributed by atoms with E-state index in [-0.39, 0.29) is 6.04 Å². The molecule has 0 radical (unpaired) electrons. The summed E-state index contributed by atoms with van der Waals surface area (Å²) in [6.07, 6.45) is 3.68. The molecule has 2 N–H and O–H groups in total. The van der Waals surface area contributed by atoms with Crippen LogP contribution in [0.15, 0.2) is 36.7 Å². The van der Waals surface area contributed by atoms with Gasteiger partial charge in [0.2, 0.25) is 0 Å². The van der Waals surface area contributed by atoms with Crippen molar-refractivity contribution >= 4 is 10.8 Å². The molecule has 1 atom stereocenters. The van der Waals surface area contributed by atoms with Crippen LogP contribution in [0.25, 0.3) is 10.8 Å². The van der Waals surface area contributed by atoms with Crippen LogP contribution in [-0.2, 0) is 4.74 Å². The maximum absolute atomic E-state index is 6.28. The minimum absolute atomic E-state index is 0.203. The summed E-state index contributed by atoms with van der Waals surface area (Å²) in [5, 5.41) is 2.24. The lowest BCUT2D eigenvalue weighted by Crippen LogP contribution is -2.37. The van der Waals surface area contributed by atoms with Gasteiger partial charge >= 0.3 is 0 Å². The fourth-order valence-electron chi connectivity index (χ4n) is 1.89. The summed E-state index contributed by atoms with van der Waals surface area (Å²) in [6.45, 7) is 3.97. The molecule has 0 fully saturated rings. The van der Waals surface area contributed by atoms with E-state index in [0.29, 0.717) is 0 Å². The SMILES string of the molecule is COC(C)(C)C(N)c1cncc2ccccc12. The van der Waals surface area contributed by atoms with E-state index in [1.54, 1.807) is 7.11 Å². The Morgan fingerprint density at radius 2 is 1.94 bits per heavy atom. The number of hydrogen-bond acceptors (Lipinski definition) is 3. The van der Waals surface area contributed by atoms with Crippen molar-refractivity contribution in [3.05, 3.63) is 42.2 Å². The van der Waals surface area contributed by atoms with E-state index in [9.17, 15) is 0 Å². The van der Waals surface area contributed by atoms with Crippen molar-refractivity contribution < 1.29 is 4.74 Å². The molecule has 1 aromatic carbocycles. The molecular formula is C14H18N2O. The van der Waals surface area contributed by atoms with Crippen molar-refractivity contribution in [3.63, 3.8) is 0 Å². The van der Waals surface area contributed by atoms with Gasteiger partial charge in [-0.05, 0) is 24.8 Å². The second-order valence-electron chi connectivity index (χ2n) is 4.74. The summed E-state index contributed by atoms with van der Waals surface area (Å²) in [4.78, 5) is 4.25. The number of aromatic nitrogens is 1. The average Bonchev–Trinajstić information content (AvgIpc) is 2.37. The van der Waals surface area contributed by atoms with Gasteiger partial charge in [-0.3, -0.25) is 4.98 Å². The second kappa shape index (κ2) is 4.43. The maximum Gasteiger partial charge on any atom is 0.0815 e. The Balaban J connectivity index is 2.56. The fourth-order valence-corrected chi connectivity index (χ4v) is 1.89. The minimum Gasteiger partial charge on any atom is -0.377 e. The zero-order valence-corrected chi connectivity index (χ0v) is 10.5. The highest BCUT2D eigenvalue weighted by Crippen LogP contribution is 2.30. The number of fused-ring (bicyclic) bond motifs is 1. The highest BCUT2D eigenvalue weighted by atomic mass is 16.5. The molecule has 1 unspecified atom stereocenters. The Hall–Kier alpha value is -1.45. The summed E-state index contributed by atoms with van der Waals surface area (Å²) in [5.41, 5.74) is 6.90. The second-order valence-corrected chi connectivity index (χ2v) is 4.74. The van der Waals surface area contributed by atoms with Gasteiger partial charge in [0.25, 0.3) is 0 Å². The molecule has 2 aromatic rings. The minimum atomic E-state index is -0.411. The van der Waals surface area contributed by atoms with Crippen LogP contribution in [0, 0.1) is 0 Å². The average molecular weight is 230 g/mol. The molecule has 0 aliphatic carbocycles. The highest BCUT2D eigenvalue weighted by molar-refractivity contribution is 5.85. The van der Waals surface area contributed by atoms with E-state index in [1.165, 1.54) is 0 Å². The summed E-state index contributed by atoms with van der Waals surface area (Å²) in [7, 11) is 1.68. The van der Waals surface area contributed by atoms with Crippen LogP contribution in [0.2, 0.25) is 0 Å². The van der Waals surface area contributed by atoms with Crippen LogP contribution in [0.4, 0.5) is 0 Å². The largest absolute Gasteiger partial charge is 0.377 e. The molecule has 3 heteroatoms. The Morgan fingerprint density at radius 3 is 2.65 bits per heavy atom. The van der Waals surface area contributed by atoms with Crippen LogP contribution in [0.5, 0.6) is 0 Å². The number of pyridine rings is 1. The molecule has 0 saturated carbocycles. The maximum atomic E-state index is 6.28. The number of rotatable bonds is 3. The molecule has 17 heavy (non-hydrogen) atoms. The number of benzene rings is 1. The van der Waals surface area contributed by atoms with E-state index < -0.39 is 5.60 Å². The van der Waals surface area contributed by atoms with Crippen LogP contribution in [-0.4, -0.2) is 17.7 Å². The van der Waals surface area contributed by atoms with Crippen molar-refractivity contribution in [3.8, 4) is 0 Å². The van der Waals surface area contributed by atoms with Gasteiger partial charge in [0.1, 0.15) is 0 Å². The van der Waals surface area contributed by atoms with Crippen LogP contribution in [0.1, 0.15) is 25.5 Å². The lowest BCUT2D eigenvalue weighted by atomic mass is 9.90. The molecule has 1 heterocycles. The first-order valence-electron chi connectivity index (χ1n) is 5.69. The fraction of sp³-hybridized carbons (Fsp3) is 0.357. The number of nitrogens with zero attached hydrogens (tertiary/aromatic N) is 1. The quantitative estimate of drug-likeness (QED) is 0.881. The van der Waals surface area contributed by atoms with Crippen molar-refractivity contribution in [2.24, 2.45) is 5.73 Å². The summed E-state index contributed by atoms with van der Waals surface area (Å²) in [6, 6.07) is 7.92. The first-order valence-corrected chi connectivity index (χ1v) is 5.69. The molecule has 0 bridgehead atoms. The van der Waals surface area contributed by atoms with E-state index in [4.69, 9.17) is 10.5 Å². The lowest BCUT2D eigenvalue weighted by Gasteiger charge is -2.30. The molecule has 0 saturated heterocycles. The van der Waals surface area contributed by atoms with E-state index in [0.717, 1.165) is 16.3 Å². The molecule has 0 amide bonds. The molecule has 90 valence electrons. The number of ether oxygens (including phenoxy) is 1. The standard InChI is InChI=1S/C14H18N2O/c1-14(2,17-3)13(15)12-9-16-8-10-6-4-5-7-11(10)12/h4-9,13H,15H2,1-3H3. The van der Waals surface area contributed by atoms with Gasteiger partial charge in [-0.25, -0.2) is 0 Å². The zero-order valence-electron chi connectivity index (χ0n) is 10.5. The number of nitrogens with two attached hydrogens (primary N) is 1. The highest BCUT2D eigenvalue weighted by Gasteiger charge is 2.28. The Kier molecular flexibility index (Phi) is 3.13. The van der Waals surface area contributed by atoms with Gasteiger partial charge in [0.15, 0.2) is 0 Å². The van der Waals surface area contributed by atoms with Crippen LogP contribution in [0.3, 0.4) is 0 Å². The third-order valence-electron chi connectivity index (χ3n) is 3.31. The smallest absolute Gasteiger partial charge is 0.0815 e. The first kappa shape index (κ1) is 12.0. The predicted molar refractivity (Wildman–Crippen MR) is 69.8 cm³/mol. The Morgan fingerprint density at radius 1 is 1.24 bits per heavy atom. The van der Waals surface area contributed by atoms with E-state index >= 15 is 0 Å². The lowest BCUT2D eigenvalue weighted by molar-refractivity contribution is 0.000250. The van der Waals surface area contributed by atoms with Gasteiger partial charge in [-0.15, -0.1) is 0 Å². The van der Waals surface area contributed by atoms with Crippen LogP contribution >= 0.6 is 0 Å². The summed E-state index contributed by atoms with van der Waals surface area (Å²) >= 11 is 0. The van der Waals surface area contributed by atoms with Gasteiger partial charge in [0.05, 0.1) is 11.6 Å². The molecule has 0 spiro atoms. The van der Waals surface area contributed by atoms with Crippen molar-refractivity contribution in [1.82, 2.24) is 4.98 Å². The van der Waals surface area contributed by atoms with Crippen LogP contribution < -0.4 is 5.73 Å². The number of methoxy groups -OCH3 is 1. The van der Waals surface area contributed by atoms with E-state index in [2.05, 4.69) is 11.1 Å². The van der Waals surface area contributed by atoms with Gasteiger partial charge in [-0.2, -0.15) is 0 Å². The molecular weight excluding hydrogens is 212 g/mol. The third-order valence-corrected chi connectivity index (χ3v) is 3.31. The third kappa shape index (κ3) is 2.16. The molecule has 0 aliphatic heterocycles. The predicted octanol–water partition coefficient (Wildman–Crippen LogP) is 2.66. The van der Waals surface area contributed by atoms with Gasteiger partial charge < -0.3 is 10.5 Å². The Bertz CT molecular complexity index is 517. The number of hydrogen-bond donors (Lipinski definition) is 1. The van der Waals surface area contributed by atoms with Crippen molar-refractivity contribution in [2.75, 3.05) is 7.11 Å². The summed E-state index contributed by atoms with van der Waals surface area (Å²) in [5.74, 6) is 0.